The first kappa shape index (κ1) is 11.6. The number of ether oxygens (including phenoxy) is 1. The van der Waals surface area contributed by atoms with Crippen LogP contribution in [0.15, 0.2) is 11.1 Å². The van der Waals surface area contributed by atoms with Crippen molar-refractivity contribution in [1.29, 1.82) is 0 Å². The van der Waals surface area contributed by atoms with Gasteiger partial charge in [0.25, 0.3) is 5.56 Å². The molecule has 8 heteroatoms. The van der Waals surface area contributed by atoms with Gasteiger partial charge >= 0.3 is 6.09 Å². The monoisotopic (exact) mass is 355 g/mol. The molecule has 1 fully saturated rings. The molecule has 0 radical (unpaired) electrons. The van der Waals surface area contributed by atoms with Crippen molar-refractivity contribution in [3.63, 3.8) is 0 Å². The van der Waals surface area contributed by atoms with Crippen LogP contribution in [0.2, 0.25) is 5.15 Å². The SMILES string of the molecule is O=C1NCC(Cn2cnc(Cl)c(I)c2=O)O1. The number of halogens is 2. The highest BCUT2D eigenvalue weighted by molar-refractivity contribution is 14.1. The van der Waals surface area contributed by atoms with Crippen molar-refractivity contribution in [3.05, 3.63) is 25.4 Å². The molecule has 0 saturated carbocycles. The summed E-state index contributed by atoms with van der Waals surface area (Å²) in [5.41, 5.74) is -0.233. The fourth-order valence-electron chi connectivity index (χ4n) is 1.33. The highest BCUT2D eigenvalue weighted by atomic mass is 127. The summed E-state index contributed by atoms with van der Waals surface area (Å²) in [5, 5.41) is 2.69. The van der Waals surface area contributed by atoms with Crippen LogP contribution in [0.3, 0.4) is 0 Å². The van der Waals surface area contributed by atoms with E-state index in [0.717, 1.165) is 0 Å². The highest BCUT2D eigenvalue weighted by Gasteiger charge is 2.23. The largest absolute Gasteiger partial charge is 0.442 e. The van der Waals surface area contributed by atoms with Gasteiger partial charge in [-0.15, -0.1) is 0 Å². The molecule has 0 spiro atoms. The Morgan fingerprint density at radius 3 is 3.06 bits per heavy atom. The van der Waals surface area contributed by atoms with Crippen molar-refractivity contribution in [2.45, 2.75) is 12.6 Å². The van der Waals surface area contributed by atoms with Crippen molar-refractivity contribution < 1.29 is 9.53 Å². The van der Waals surface area contributed by atoms with Crippen LogP contribution in [-0.4, -0.2) is 28.3 Å². The number of carbonyl (C=O) groups is 1. The fourth-order valence-corrected chi connectivity index (χ4v) is 1.90. The van der Waals surface area contributed by atoms with Crippen molar-refractivity contribution in [2.75, 3.05) is 6.54 Å². The third-order valence-corrected chi connectivity index (χ3v) is 3.67. The van der Waals surface area contributed by atoms with E-state index in [9.17, 15) is 9.59 Å². The van der Waals surface area contributed by atoms with Gasteiger partial charge in [0, 0.05) is 0 Å². The van der Waals surface area contributed by atoms with E-state index in [-0.39, 0.29) is 23.4 Å². The predicted molar refractivity (Wildman–Crippen MR) is 64.5 cm³/mol. The van der Waals surface area contributed by atoms with E-state index < -0.39 is 6.09 Å². The highest BCUT2D eigenvalue weighted by Crippen LogP contribution is 2.10. The minimum absolute atomic E-state index is 0.184. The van der Waals surface area contributed by atoms with E-state index in [1.165, 1.54) is 10.9 Å². The number of cyclic esters (lactones) is 1. The smallest absolute Gasteiger partial charge is 0.407 e. The zero-order valence-electron chi connectivity index (χ0n) is 7.94. The molecule has 1 saturated heterocycles. The first-order valence-corrected chi connectivity index (χ1v) is 5.88. The zero-order valence-corrected chi connectivity index (χ0v) is 10.9. The molecule has 1 aliphatic heterocycles. The Kier molecular flexibility index (Phi) is 3.33. The maximum Gasteiger partial charge on any atom is 0.407 e. The van der Waals surface area contributed by atoms with Crippen LogP contribution in [0.25, 0.3) is 0 Å². The Hall–Kier alpha value is -0.830. The molecule has 2 heterocycles. The summed E-state index contributed by atoms with van der Waals surface area (Å²) in [6.07, 6.45) is 0.539. The molecule has 2 rings (SSSR count). The molecule has 1 unspecified atom stereocenters. The molecule has 0 aliphatic carbocycles. The lowest BCUT2D eigenvalue weighted by atomic mass is 10.3. The molecule has 1 atom stereocenters. The number of nitrogens with one attached hydrogen (secondary N) is 1. The second-order valence-electron chi connectivity index (χ2n) is 3.22. The second kappa shape index (κ2) is 4.58. The molecular formula is C8H7ClIN3O3. The molecular weight excluding hydrogens is 348 g/mol. The Morgan fingerprint density at radius 1 is 1.69 bits per heavy atom. The summed E-state index contributed by atoms with van der Waals surface area (Å²) in [4.78, 5) is 26.4. The van der Waals surface area contributed by atoms with Gasteiger partial charge in [-0.2, -0.15) is 0 Å². The molecule has 1 N–H and O–H groups in total. The second-order valence-corrected chi connectivity index (χ2v) is 4.65. The van der Waals surface area contributed by atoms with Crippen molar-refractivity contribution in [1.82, 2.24) is 14.9 Å². The van der Waals surface area contributed by atoms with E-state index in [4.69, 9.17) is 16.3 Å². The van der Waals surface area contributed by atoms with E-state index in [0.29, 0.717) is 10.1 Å². The normalized spacial score (nSPS) is 19.4. The Bertz CT molecular complexity index is 490. The summed E-state index contributed by atoms with van der Waals surface area (Å²) in [5.74, 6) is 0. The van der Waals surface area contributed by atoms with Gasteiger partial charge < -0.3 is 10.1 Å². The molecule has 1 amide bonds. The number of hydrogen-bond donors (Lipinski definition) is 1. The molecule has 16 heavy (non-hydrogen) atoms. The maximum absolute atomic E-state index is 11.7. The summed E-state index contributed by atoms with van der Waals surface area (Å²) in [7, 11) is 0. The van der Waals surface area contributed by atoms with Gasteiger partial charge in [-0.05, 0) is 22.6 Å². The van der Waals surface area contributed by atoms with Crippen LogP contribution in [-0.2, 0) is 11.3 Å². The third-order valence-electron chi connectivity index (χ3n) is 2.09. The van der Waals surface area contributed by atoms with Gasteiger partial charge in [-0.3, -0.25) is 9.36 Å². The molecule has 0 bridgehead atoms. The summed E-state index contributed by atoms with van der Waals surface area (Å²) >= 11 is 7.53. The van der Waals surface area contributed by atoms with E-state index in [1.807, 2.05) is 22.6 Å². The van der Waals surface area contributed by atoms with E-state index in [1.54, 1.807) is 0 Å². The van der Waals surface area contributed by atoms with Gasteiger partial charge in [-0.1, -0.05) is 11.6 Å². The molecule has 6 nitrogen and oxygen atoms in total. The minimum Gasteiger partial charge on any atom is -0.442 e. The van der Waals surface area contributed by atoms with Gasteiger partial charge in [0.2, 0.25) is 0 Å². The van der Waals surface area contributed by atoms with Gasteiger partial charge in [-0.25, -0.2) is 9.78 Å². The number of aromatic nitrogens is 2. The Balaban J connectivity index is 2.19. The predicted octanol–water partition coefficient (Wildman–Crippen LogP) is 0.610. The van der Waals surface area contributed by atoms with E-state index in [2.05, 4.69) is 10.3 Å². The number of amides is 1. The van der Waals surface area contributed by atoms with Gasteiger partial charge in [0.15, 0.2) is 0 Å². The average Bonchev–Trinajstić information content (AvgIpc) is 2.65. The van der Waals surface area contributed by atoms with Crippen LogP contribution in [0.4, 0.5) is 4.79 Å². The minimum atomic E-state index is -0.463. The van der Waals surface area contributed by atoms with Crippen LogP contribution in [0, 0.1) is 3.57 Å². The number of rotatable bonds is 2. The average molecular weight is 356 g/mol. The number of carbonyl (C=O) groups excluding carboxylic acids is 1. The summed E-state index contributed by atoms with van der Waals surface area (Å²) in [6.45, 7) is 0.669. The van der Waals surface area contributed by atoms with Gasteiger partial charge in [0.05, 0.1) is 19.4 Å². The fraction of sp³-hybridized carbons (Fsp3) is 0.375. The molecule has 0 aromatic carbocycles. The first-order valence-electron chi connectivity index (χ1n) is 4.43. The lowest BCUT2D eigenvalue weighted by Crippen LogP contribution is -2.30. The van der Waals surface area contributed by atoms with Gasteiger partial charge in [0.1, 0.15) is 14.8 Å². The lowest BCUT2D eigenvalue weighted by Gasteiger charge is -2.10. The standard InChI is InChI=1S/C8H7ClIN3O3/c9-6-5(10)7(14)13(3-12-6)2-4-1-11-8(15)16-4/h3-4H,1-2H2,(H,11,15). The Labute approximate surface area is 109 Å². The van der Waals surface area contributed by atoms with Crippen molar-refractivity contribution in [3.8, 4) is 0 Å². The maximum atomic E-state index is 11.7. The zero-order chi connectivity index (χ0) is 11.7. The number of alkyl carbamates (subject to hydrolysis) is 1. The topological polar surface area (TPSA) is 73.2 Å². The molecule has 86 valence electrons. The molecule has 1 aromatic rings. The first-order chi connectivity index (χ1) is 7.58. The number of nitrogens with zero attached hydrogens (tertiary/aromatic N) is 2. The van der Waals surface area contributed by atoms with Crippen molar-refractivity contribution in [2.24, 2.45) is 0 Å². The number of hydrogen-bond acceptors (Lipinski definition) is 4. The van der Waals surface area contributed by atoms with Crippen molar-refractivity contribution >= 4 is 40.3 Å². The summed E-state index contributed by atoms with van der Waals surface area (Å²) < 4.78 is 6.65. The third kappa shape index (κ3) is 2.29. The molecule has 1 aromatic heterocycles. The van der Waals surface area contributed by atoms with Crippen LogP contribution in [0.5, 0.6) is 0 Å². The summed E-state index contributed by atoms with van der Waals surface area (Å²) in [6, 6.07) is 0. The van der Waals surface area contributed by atoms with Crippen LogP contribution >= 0.6 is 34.2 Å². The van der Waals surface area contributed by atoms with Crippen LogP contribution in [0.1, 0.15) is 0 Å². The quantitative estimate of drug-likeness (QED) is 0.623. The van der Waals surface area contributed by atoms with Crippen LogP contribution < -0.4 is 10.9 Å². The Morgan fingerprint density at radius 2 is 2.44 bits per heavy atom. The lowest BCUT2D eigenvalue weighted by molar-refractivity contribution is 0.130. The molecule has 1 aliphatic rings. The van der Waals surface area contributed by atoms with E-state index >= 15 is 0 Å².